The van der Waals surface area contributed by atoms with Gasteiger partial charge >= 0.3 is 0 Å². The van der Waals surface area contributed by atoms with Crippen LogP contribution >= 0.6 is 0 Å². The molecule has 0 saturated heterocycles. The molecule has 1 N–H and O–H groups in total. The fraction of sp³-hybridized carbons (Fsp3) is 0.167. The number of carbonyl (C=O) groups excluding carboxylic acids is 1. The number of fused-ring (bicyclic) bond motifs is 2. The molecule has 0 saturated carbocycles. The van der Waals surface area contributed by atoms with Gasteiger partial charge in [-0.05, 0) is 22.9 Å². The number of rotatable bonds is 5. The van der Waals surface area contributed by atoms with Gasteiger partial charge in [0.2, 0.25) is 5.91 Å². The second-order valence-corrected chi connectivity index (χ2v) is 7.21. The second kappa shape index (κ2) is 7.43. The number of hydrogen-bond donors (Lipinski definition) is 1. The fourth-order valence-corrected chi connectivity index (χ4v) is 3.91. The molecule has 144 valence electrons. The average molecular weight is 383 g/mol. The topological polar surface area (TPSA) is 58.2 Å². The molecular formula is C24H21N3O2. The molecular weight excluding hydrogens is 362 g/mol. The molecule has 0 fully saturated rings. The van der Waals surface area contributed by atoms with Crippen LogP contribution in [-0.4, -0.2) is 34.2 Å². The molecule has 5 heteroatoms. The first-order valence-electron chi connectivity index (χ1n) is 9.79. The lowest BCUT2D eigenvalue weighted by Crippen LogP contribution is -2.38. The van der Waals surface area contributed by atoms with E-state index < -0.39 is 0 Å². The molecule has 5 rings (SSSR count). The van der Waals surface area contributed by atoms with Gasteiger partial charge in [0, 0.05) is 11.1 Å². The maximum atomic E-state index is 12.8. The first-order valence-corrected chi connectivity index (χ1v) is 9.79. The summed E-state index contributed by atoms with van der Waals surface area (Å²) in [7, 11) is 0. The molecule has 0 spiro atoms. The monoisotopic (exact) mass is 383 g/mol. The number of nitrogens with one attached hydrogen (secondary N) is 1. The summed E-state index contributed by atoms with van der Waals surface area (Å²) in [4.78, 5) is 14.6. The molecule has 1 aliphatic rings. The molecule has 1 aromatic heterocycles. The van der Waals surface area contributed by atoms with E-state index in [-0.39, 0.29) is 5.91 Å². The number of aromatic nitrogens is 2. The molecule has 0 atom stereocenters. The van der Waals surface area contributed by atoms with Crippen LogP contribution in [0, 0.1) is 0 Å². The Labute approximate surface area is 168 Å². The van der Waals surface area contributed by atoms with E-state index in [2.05, 4.69) is 34.5 Å². The van der Waals surface area contributed by atoms with Crippen molar-refractivity contribution in [3.05, 3.63) is 84.1 Å². The Morgan fingerprint density at radius 3 is 2.66 bits per heavy atom. The summed E-state index contributed by atoms with van der Waals surface area (Å²) in [5.41, 5.74) is 3.96. The van der Waals surface area contributed by atoms with Crippen LogP contribution in [-0.2, 0) is 17.8 Å². The maximum Gasteiger partial charge on any atom is 0.227 e. The molecule has 0 unspecified atom stereocenters. The van der Waals surface area contributed by atoms with Crippen molar-refractivity contribution in [2.45, 2.75) is 13.0 Å². The lowest BCUT2D eigenvalue weighted by Gasteiger charge is -2.27. The summed E-state index contributed by atoms with van der Waals surface area (Å²) in [6.07, 6.45) is 0.357. The number of carbonyl (C=O) groups is 1. The third kappa shape index (κ3) is 3.36. The third-order valence-corrected chi connectivity index (χ3v) is 5.40. The van der Waals surface area contributed by atoms with E-state index in [0.29, 0.717) is 26.1 Å². The SMILES string of the molecule is O=C1Cc2c(-c3cccc4ccccc34)n[nH]c2CN1CCOc1ccccc1. The van der Waals surface area contributed by atoms with Gasteiger partial charge in [0.1, 0.15) is 12.4 Å². The van der Waals surface area contributed by atoms with Crippen LogP contribution in [0.2, 0.25) is 0 Å². The standard InChI is InChI=1S/C24H21N3O2/c28-23-15-21-22(16-27(23)13-14-29-18-9-2-1-3-10-18)25-26-24(21)20-12-6-8-17-7-4-5-11-19(17)20/h1-12H,13-16H2,(H,25,26). The first-order chi connectivity index (χ1) is 14.3. The van der Waals surface area contributed by atoms with Crippen molar-refractivity contribution in [1.29, 1.82) is 0 Å². The molecule has 5 nitrogen and oxygen atoms in total. The number of H-pyrrole nitrogens is 1. The van der Waals surface area contributed by atoms with Gasteiger partial charge in [0.25, 0.3) is 0 Å². The highest BCUT2D eigenvalue weighted by Crippen LogP contribution is 2.33. The van der Waals surface area contributed by atoms with Crippen molar-refractivity contribution < 1.29 is 9.53 Å². The average Bonchev–Trinajstić information content (AvgIpc) is 3.16. The Bertz CT molecular complexity index is 1160. The Hall–Kier alpha value is -3.60. The van der Waals surface area contributed by atoms with Gasteiger partial charge in [0.15, 0.2) is 0 Å². The minimum absolute atomic E-state index is 0.108. The molecule has 3 aromatic carbocycles. The number of para-hydroxylation sites is 1. The molecule has 1 amide bonds. The van der Waals surface area contributed by atoms with E-state index in [9.17, 15) is 4.79 Å². The number of hydrogen-bond acceptors (Lipinski definition) is 3. The highest BCUT2D eigenvalue weighted by molar-refractivity contribution is 5.97. The van der Waals surface area contributed by atoms with E-state index in [0.717, 1.165) is 33.7 Å². The molecule has 0 radical (unpaired) electrons. The van der Waals surface area contributed by atoms with E-state index in [1.54, 1.807) is 0 Å². The Morgan fingerprint density at radius 2 is 1.76 bits per heavy atom. The molecule has 2 heterocycles. The van der Waals surface area contributed by atoms with Gasteiger partial charge in [-0.1, -0.05) is 60.7 Å². The number of amides is 1. The summed E-state index contributed by atoms with van der Waals surface area (Å²) in [6, 6.07) is 24.1. The van der Waals surface area contributed by atoms with Crippen LogP contribution in [0.3, 0.4) is 0 Å². The normalized spacial score (nSPS) is 13.5. The van der Waals surface area contributed by atoms with Crippen molar-refractivity contribution in [3.63, 3.8) is 0 Å². The third-order valence-electron chi connectivity index (χ3n) is 5.40. The first kappa shape index (κ1) is 17.5. The van der Waals surface area contributed by atoms with Crippen molar-refractivity contribution in [2.75, 3.05) is 13.2 Å². The number of benzene rings is 3. The second-order valence-electron chi connectivity index (χ2n) is 7.21. The highest BCUT2D eigenvalue weighted by atomic mass is 16.5. The predicted molar refractivity (Wildman–Crippen MR) is 113 cm³/mol. The predicted octanol–water partition coefficient (Wildman–Crippen LogP) is 4.19. The van der Waals surface area contributed by atoms with Crippen molar-refractivity contribution in [1.82, 2.24) is 15.1 Å². The minimum Gasteiger partial charge on any atom is -0.492 e. The lowest BCUT2D eigenvalue weighted by atomic mass is 9.96. The smallest absolute Gasteiger partial charge is 0.227 e. The lowest BCUT2D eigenvalue weighted by molar-refractivity contribution is -0.132. The van der Waals surface area contributed by atoms with Gasteiger partial charge in [-0.3, -0.25) is 9.89 Å². The van der Waals surface area contributed by atoms with Crippen molar-refractivity contribution in [3.8, 4) is 17.0 Å². The quantitative estimate of drug-likeness (QED) is 0.562. The van der Waals surface area contributed by atoms with Gasteiger partial charge in [-0.15, -0.1) is 0 Å². The molecule has 1 aliphatic heterocycles. The van der Waals surface area contributed by atoms with Gasteiger partial charge in [-0.2, -0.15) is 5.10 Å². The summed E-state index contributed by atoms with van der Waals surface area (Å²) < 4.78 is 5.75. The zero-order valence-electron chi connectivity index (χ0n) is 16.0. The highest BCUT2D eigenvalue weighted by Gasteiger charge is 2.28. The Morgan fingerprint density at radius 1 is 0.966 bits per heavy atom. The zero-order chi connectivity index (χ0) is 19.6. The van der Waals surface area contributed by atoms with Gasteiger partial charge in [0.05, 0.1) is 30.9 Å². The van der Waals surface area contributed by atoms with E-state index in [1.165, 1.54) is 5.39 Å². The molecule has 4 aromatic rings. The van der Waals surface area contributed by atoms with Crippen LogP contribution in [0.5, 0.6) is 5.75 Å². The number of ether oxygens (including phenoxy) is 1. The van der Waals surface area contributed by atoms with E-state index >= 15 is 0 Å². The van der Waals surface area contributed by atoms with E-state index in [4.69, 9.17) is 4.74 Å². The summed E-state index contributed by atoms with van der Waals surface area (Å²) in [6.45, 7) is 1.55. The van der Waals surface area contributed by atoms with Crippen LogP contribution in [0.1, 0.15) is 11.3 Å². The van der Waals surface area contributed by atoms with Crippen LogP contribution in [0.15, 0.2) is 72.8 Å². The van der Waals surface area contributed by atoms with Gasteiger partial charge < -0.3 is 9.64 Å². The van der Waals surface area contributed by atoms with Crippen molar-refractivity contribution in [2.24, 2.45) is 0 Å². The maximum absolute atomic E-state index is 12.8. The molecule has 0 aliphatic carbocycles. The van der Waals surface area contributed by atoms with Crippen LogP contribution < -0.4 is 4.74 Å². The van der Waals surface area contributed by atoms with E-state index in [1.807, 2.05) is 53.4 Å². The Balaban J connectivity index is 1.36. The number of nitrogens with zero attached hydrogens (tertiary/aromatic N) is 2. The zero-order valence-corrected chi connectivity index (χ0v) is 16.0. The van der Waals surface area contributed by atoms with Crippen LogP contribution in [0.25, 0.3) is 22.0 Å². The Kier molecular flexibility index (Phi) is 4.48. The van der Waals surface area contributed by atoms with Gasteiger partial charge in [-0.25, -0.2) is 0 Å². The minimum atomic E-state index is 0.108. The summed E-state index contributed by atoms with van der Waals surface area (Å²) >= 11 is 0. The fourth-order valence-electron chi connectivity index (χ4n) is 3.91. The van der Waals surface area contributed by atoms with Crippen molar-refractivity contribution >= 4 is 16.7 Å². The summed E-state index contributed by atoms with van der Waals surface area (Å²) in [5, 5.41) is 10.1. The van der Waals surface area contributed by atoms with Crippen LogP contribution in [0.4, 0.5) is 0 Å². The largest absolute Gasteiger partial charge is 0.492 e. The summed E-state index contributed by atoms with van der Waals surface area (Å²) in [5.74, 6) is 0.925. The molecule has 29 heavy (non-hydrogen) atoms. The number of aromatic amines is 1. The molecule has 0 bridgehead atoms.